The van der Waals surface area contributed by atoms with Gasteiger partial charge in [0.15, 0.2) is 0 Å². The minimum Gasteiger partial charge on any atom is -0.396 e. The van der Waals surface area contributed by atoms with Gasteiger partial charge in [0.2, 0.25) is 0 Å². The van der Waals surface area contributed by atoms with Crippen molar-refractivity contribution in [3.63, 3.8) is 0 Å². The molecule has 0 spiro atoms. The Labute approximate surface area is 117 Å². The van der Waals surface area contributed by atoms with Crippen LogP contribution >= 0.6 is 23.4 Å². The summed E-state index contributed by atoms with van der Waals surface area (Å²) in [5.41, 5.74) is 0.915. The number of nitrogens with one attached hydrogen (secondary N) is 1. The van der Waals surface area contributed by atoms with Crippen molar-refractivity contribution in [3.05, 3.63) is 34.6 Å². The maximum Gasteiger partial charge on any atom is 0.124 e. The fourth-order valence-electron chi connectivity index (χ4n) is 1.58. The second-order valence-electron chi connectivity index (χ2n) is 4.03. The molecule has 18 heavy (non-hydrogen) atoms. The Hall–Kier alpha value is -0.290. The fraction of sp³-hybridized carbons (Fsp3) is 0.538. The maximum absolute atomic E-state index is 12.9. The van der Waals surface area contributed by atoms with Crippen LogP contribution in [0.1, 0.15) is 24.9 Å². The van der Waals surface area contributed by atoms with E-state index in [1.54, 1.807) is 17.8 Å². The predicted molar refractivity (Wildman–Crippen MR) is 76.9 cm³/mol. The third-order valence-electron chi connectivity index (χ3n) is 2.57. The highest BCUT2D eigenvalue weighted by Gasteiger charge is 2.09. The van der Waals surface area contributed by atoms with Crippen LogP contribution in [-0.2, 0) is 0 Å². The van der Waals surface area contributed by atoms with E-state index in [1.807, 2.05) is 6.92 Å². The van der Waals surface area contributed by atoms with Crippen LogP contribution in [0.3, 0.4) is 0 Å². The monoisotopic (exact) mass is 291 g/mol. The highest BCUT2D eigenvalue weighted by molar-refractivity contribution is 7.99. The Morgan fingerprint density at radius 3 is 2.89 bits per heavy atom. The largest absolute Gasteiger partial charge is 0.396 e. The van der Waals surface area contributed by atoms with Gasteiger partial charge in [-0.15, -0.1) is 0 Å². The first kappa shape index (κ1) is 15.8. The molecule has 102 valence electrons. The molecule has 1 rings (SSSR count). The molecule has 2 N–H and O–H groups in total. The molecule has 5 heteroatoms. The van der Waals surface area contributed by atoms with Crippen molar-refractivity contribution in [1.29, 1.82) is 0 Å². The minimum absolute atomic E-state index is 0.108. The van der Waals surface area contributed by atoms with Crippen molar-refractivity contribution >= 4 is 23.4 Å². The summed E-state index contributed by atoms with van der Waals surface area (Å²) >= 11 is 7.80. The summed E-state index contributed by atoms with van der Waals surface area (Å²) in [6.45, 7) is 3.13. The molecule has 0 aliphatic carbocycles. The molecule has 0 fully saturated rings. The van der Waals surface area contributed by atoms with Crippen molar-refractivity contribution < 1.29 is 9.50 Å². The second kappa shape index (κ2) is 8.75. The fourth-order valence-corrected chi connectivity index (χ4v) is 2.71. The van der Waals surface area contributed by atoms with E-state index in [1.165, 1.54) is 12.1 Å². The Bertz CT molecular complexity index is 365. The van der Waals surface area contributed by atoms with Gasteiger partial charge in [0.05, 0.1) is 0 Å². The second-order valence-corrected chi connectivity index (χ2v) is 5.66. The first-order valence-electron chi connectivity index (χ1n) is 6.02. The van der Waals surface area contributed by atoms with Crippen LogP contribution in [0.15, 0.2) is 18.2 Å². The SMILES string of the molecule is CC(NCCSCCCO)c1ccc(F)cc1Cl. The summed E-state index contributed by atoms with van der Waals surface area (Å²) < 4.78 is 12.9. The lowest BCUT2D eigenvalue weighted by atomic mass is 10.1. The molecule has 1 aromatic carbocycles. The average Bonchev–Trinajstić information content (AvgIpc) is 2.33. The Balaban J connectivity index is 2.29. The number of hydrogen-bond donors (Lipinski definition) is 2. The summed E-state index contributed by atoms with van der Waals surface area (Å²) in [5, 5.41) is 12.4. The summed E-state index contributed by atoms with van der Waals surface area (Å²) in [6.07, 6.45) is 0.837. The lowest BCUT2D eigenvalue weighted by molar-refractivity contribution is 0.296. The van der Waals surface area contributed by atoms with E-state index in [4.69, 9.17) is 16.7 Å². The van der Waals surface area contributed by atoms with E-state index in [0.717, 1.165) is 30.0 Å². The molecule has 1 atom stereocenters. The molecule has 0 aromatic heterocycles. The lowest BCUT2D eigenvalue weighted by Crippen LogP contribution is -2.21. The van der Waals surface area contributed by atoms with Gasteiger partial charge in [-0.05, 0) is 36.8 Å². The van der Waals surface area contributed by atoms with Gasteiger partial charge in [-0.25, -0.2) is 4.39 Å². The average molecular weight is 292 g/mol. The van der Waals surface area contributed by atoms with E-state index < -0.39 is 0 Å². The Morgan fingerprint density at radius 1 is 1.44 bits per heavy atom. The molecular formula is C13H19ClFNOS. The first-order valence-corrected chi connectivity index (χ1v) is 7.55. The third kappa shape index (κ3) is 5.57. The zero-order valence-corrected chi connectivity index (χ0v) is 12.0. The van der Waals surface area contributed by atoms with Gasteiger partial charge >= 0.3 is 0 Å². The van der Waals surface area contributed by atoms with Gasteiger partial charge < -0.3 is 10.4 Å². The number of aliphatic hydroxyl groups is 1. The van der Waals surface area contributed by atoms with Gasteiger partial charge in [0, 0.05) is 30.0 Å². The van der Waals surface area contributed by atoms with Crippen molar-refractivity contribution in [2.45, 2.75) is 19.4 Å². The Morgan fingerprint density at radius 2 is 2.22 bits per heavy atom. The number of aliphatic hydroxyl groups excluding tert-OH is 1. The first-order chi connectivity index (χ1) is 8.65. The molecular weight excluding hydrogens is 273 g/mol. The standard InChI is InChI=1S/C13H19ClFNOS/c1-10(16-5-8-18-7-2-6-17)12-4-3-11(15)9-13(12)14/h3-4,9-10,16-17H,2,5-8H2,1H3. The zero-order chi connectivity index (χ0) is 13.4. The van der Waals surface area contributed by atoms with Crippen LogP contribution in [0.25, 0.3) is 0 Å². The number of hydrogen-bond acceptors (Lipinski definition) is 3. The van der Waals surface area contributed by atoms with Crippen molar-refractivity contribution in [2.24, 2.45) is 0 Å². The quantitative estimate of drug-likeness (QED) is 0.721. The molecule has 0 bridgehead atoms. The van der Waals surface area contributed by atoms with Crippen molar-refractivity contribution in [2.75, 3.05) is 24.7 Å². The summed E-state index contributed by atoms with van der Waals surface area (Å²) in [5.74, 6) is 1.66. The third-order valence-corrected chi connectivity index (χ3v) is 3.97. The summed E-state index contributed by atoms with van der Waals surface area (Å²) in [7, 11) is 0. The molecule has 1 aromatic rings. The van der Waals surface area contributed by atoms with Gasteiger partial charge in [-0.1, -0.05) is 17.7 Å². The normalized spacial score (nSPS) is 12.7. The summed E-state index contributed by atoms with van der Waals surface area (Å²) in [4.78, 5) is 0. The molecule has 2 nitrogen and oxygen atoms in total. The molecule has 0 heterocycles. The molecule has 1 unspecified atom stereocenters. The van der Waals surface area contributed by atoms with E-state index in [0.29, 0.717) is 5.02 Å². The topological polar surface area (TPSA) is 32.3 Å². The summed E-state index contributed by atoms with van der Waals surface area (Å²) in [6, 6.07) is 4.59. The molecule has 0 saturated carbocycles. The van der Waals surface area contributed by atoms with Crippen LogP contribution in [-0.4, -0.2) is 29.8 Å². The molecule has 0 aliphatic rings. The lowest BCUT2D eigenvalue weighted by Gasteiger charge is -2.15. The van der Waals surface area contributed by atoms with E-state index in [2.05, 4.69) is 5.32 Å². The van der Waals surface area contributed by atoms with Crippen LogP contribution < -0.4 is 5.32 Å². The maximum atomic E-state index is 12.9. The number of thioether (sulfide) groups is 1. The number of halogens is 2. The van der Waals surface area contributed by atoms with E-state index in [9.17, 15) is 4.39 Å². The van der Waals surface area contributed by atoms with Crippen molar-refractivity contribution in [1.82, 2.24) is 5.32 Å². The molecule has 0 saturated heterocycles. The van der Waals surface area contributed by atoms with Crippen LogP contribution in [0.4, 0.5) is 4.39 Å². The molecule has 0 radical (unpaired) electrons. The van der Waals surface area contributed by atoms with Gasteiger partial charge in [0.25, 0.3) is 0 Å². The van der Waals surface area contributed by atoms with Gasteiger partial charge in [-0.2, -0.15) is 11.8 Å². The van der Waals surface area contributed by atoms with Crippen LogP contribution in [0.2, 0.25) is 5.02 Å². The minimum atomic E-state index is -0.310. The molecule has 0 aliphatic heterocycles. The number of benzene rings is 1. The smallest absolute Gasteiger partial charge is 0.124 e. The predicted octanol–water partition coefficient (Wildman–Crippen LogP) is 3.25. The highest BCUT2D eigenvalue weighted by atomic mass is 35.5. The highest BCUT2D eigenvalue weighted by Crippen LogP contribution is 2.23. The Kier molecular flexibility index (Phi) is 7.66. The van der Waals surface area contributed by atoms with Crippen molar-refractivity contribution in [3.8, 4) is 0 Å². The van der Waals surface area contributed by atoms with E-state index in [-0.39, 0.29) is 18.5 Å². The van der Waals surface area contributed by atoms with Crippen LogP contribution in [0, 0.1) is 5.82 Å². The van der Waals surface area contributed by atoms with Gasteiger partial charge in [0.1, 0.15) is 5.82 Å². The molecule has 0 amide bonds. The zero-order valence-electron chi connectivity index (χ0n) is 10.5. The van der Waals surface area contributed by atoms with Crippen LogP contribution in [0.5, 0.6) is 0 Å². The van der Waals surface area contributed by atoms with Gasteiger partial charge in [-0.3, -0.25) is 0 Å². The number of rotatable bonds is 8. The van der Waals surface area contributed by atoms with E-state index >= 15 is 0 Å².